The quantitative estimate of drug-likeness (QED) is 0.700. The summed E-state index contributed by atoms with van der Waals surface area (Å²) in [6, 6.07) is -0.282. The summed E-state index contributed by atoms with van der Waals surface area (Å²) in [5.41, 5.74) is -1.35. The summed E-state index contributed by atoms with van der Waals surface area (Å²) in [4.78, 5) is 36.8. The van der Waals surface area contributed by atoms with Gasteiger partial charge < -0.3 is 20.6 Å². The van der Waals surface area contributed by atoms with Crippen molar-refractivity contribution in [2.75, 3.05) is 26.7 Å². The number of carbonyl (C=O) groups is 3. The lowest BCUT2D eigenvalue weighted by atomic mass is 9.69. The van der Waals surface area contributed by atoms with Crippen LogP contribution in [0.1, 0.15) is 32.6 Å². The number of carboxylic acids is 1. The number of amides is 3. The Morgan fingerprint density at radius 1 is 1.24 bits per heavy atom. The maximum absolute atomic E-state index is 12.1. The van der Waals surface area contributed by atoms with Crippen LogP contribution < -0.4 is 10.6 Å². The topological polar surface area (TPSA) is 98.7 Å². The summed E-state index contributed by atoms with van der Waals surface area (Å²) >= 11 is 0. The van der Waals surface area contributed by atoms with Crippen molar-refractivity contribution in [2.45, 2.75) is 32.6 Å². The molecule has 3 N–H and O–H groups in total. The molecule has 2 rings (SSSR count). The molecule has 0 aromatic rings. The van der Waals surface area contributed by atoms with E-state index in [0.29, 0.717) is 32.4 Å². The average Bonchev–Trinajstić information content (AvgIpc) is 2.80. The van der Waals surface area contributed by atoms with Crippen LogP contribution in [-0.2, 0) is 9.59 Å². The molecule has 0 radical (unpaired) electrons. The molecule has 21 heavy (non-hydrogen) atoms. The molecule has 2 fully saturated rings. The molecule has 2 aliphatic rings. The second kappa shape index (κ2) is 5.54. The lowest BCUT2D eigenvalue weighted by Gasteiger charge is -2.38. The molecule has 1 heterocycles. The van der Waals surface area contributed by atoms with E-state index in [2.05, 4.69) is 10.6 Å². The van der Waals surface area contributed by atoms with Gasteiger partial charge in [0.15, 0.2) is 0 Å². The normalized spacial score (nSPS) is 26.9. The number of likely N-dealkylation sites (tertiary alicyclic amines) is 1. The van der Waals surface area contributed by atoms with Crippen LogP contribution >= 0.6 is 0 Å². The van der Waals surface area contributed by atoms with Crippen LogP contribution in [-0.4, -0.2) is 54.6 Å². The van der Waals surface area contributed by atoms with Gasteiger partial charge in [-0.1, -0.05) is 6.42 Å². The summed E-state index contributed by atoms with van der Waals surface area (Å²) < 4.78 is 0. The second-order valence-electron chi connectivity index (χ2n) is 6.41. The van der Waals surface area contributed by atoms with E-state index in [4.69, 9.17) is 0 Å². The Balaban J connectivity index is 1.88. The van der Waals surface area contributed by atoms with E-state index in [-0.39, 0.29) is 18.5 Å². The van der Waals surface area contributed by atoms with E-state index in [1.165, 1.54) is 0 Å². The Hall–Kier alpha value is -1.79. The first kappa shape index (κ1) is 15.6. The monoisotopic (exact) mass is 297 g/mol. The maximum atomic E-state index is 12.1. The third-order valence-electron chi connectivity index (χ3n) is 4.88. The van der Waals surface area contributed by atoms with Gasteiger partial charge in [0.25, 0.3) is 0 Å². The number of urea groups is 1. The highest BCUT2D eigenvalue weighted by Crippen LogP contribution is 2.40. The van der Waals surface area contributed by atoms with E-state index in [1.807, 2.05) is 6.92 Å². The van der Waals surface area contributed by atoms with Gasteiger partial charge in [-0.2, -0.15) is 0 Å². The molecule has 0 spiro atoms. The van der Waals surface area contributed by atoms with Crippen molar-refractivity contribution in [2.24, 2.45) is 10.8 Å². The predicted molar refractivity (Wildman–Crippen MR) is 75.7 cm³/mol. The minimum Gasteiger partial charge on any atom is -0.481 e. The molecule has 118 valence electrons. The SMILES string of the molecule is CNC(=O)C1(C)CCN(C(=O)NCC2(C(=O)O)CCC2)C1. The maximum Gasteiger partial charge on any atom is 0.317 e. The number of carboxylic acid groups (broad SMARTS) is 1. The van der Waals surface area contributed by atoms with Crippen LogP contribution in [0.4, 0.5) is 4.79 Å². The van der Waals surface area contributed by atoms with E-state index in [0.717, 1.165) is 6.42 Å². The number of aliphatic carboxylic acids is 1. The lowest BCUT2D eigenvalue weighted by Crippen LogP contribution is -2.50. The average molecular weight is 297 g/mol. The van der Waals surface area contributed by atoms with Crippen LogP contribution in [0.3, 0.4) is 0 Å². The third kappa shape index (κ3) is 2.82. The number of nitrogens with zero attached hydrogens (tertiary/aromatic N) is 1. The Kier molecular flexibility index (Phi) is 4.11. The van der Waals surface area contributed by atoms with Crippen molar-refractivity contribution < 1.29 is 19.5 Å². The molecular weight excluding hydrogens is 274 g/mol. The third-order valence-corrected chi connectivity index (χ3v) is 4.88. The molecule has 0 bridgehead atoms. The van der Waals surface area contributed by atoms with Crippen LogP contribution in [0.2, 0.25) is 0 Å². The Labute approximate surface area is 124 Å². The molecule has 1 aliphatic heterocycles. The van der Waals surface area contributed by atoms with Crippen molar-refractivity contribution >= 4 is 17.9 Å². The zero-order chi connectivity index (χ0) is 15.7. The van der Waals surface area contributed by atoms with Gasteiger partial charge in [-0.3, -0.25) is 9.59 Å². The molecule has 1 atom stereocenters. The molecule has 1 saturated heterocycles. The van der Waals surface area contributed by atoms with Crippen molar-refractivity contribution in [3.05, 3.63) is 0 Å². The van der Waals surface area contributed by atoms with Crippen LogP contribution in [0.25, 0.3) is 0 Å². The van der Waals surface area contributed by atoms with Gasteiger partial charge in [-0.05, 0) is 26.2 Å². The number of hydrogen-bond donors (Lipinski definition) is 3. The molecule has 1 unspecified atom stereocenters. The lowest BCUT2D eigenvalue weighted by molar-refractivity contribution is -0.153. The highest BCUT2D eigenvalue weighted by Gasteiger charge is 2.46. The fraction of sp³-hybridized carbons (Fsp3) is 0.786. The molecule has 7 heteroatoms. The molecule has 0 aromatic carbocycles. The minimum atomic E-state index is -0.842. The molecule has 0 aromatic heterocycles. The Bertz CT molecular complexity index is 461. The van der Waals surface area contributed by atoms with Gasteiger partial charge >= 0.3 is 12.0 Å². The second-order valence-corrected chi connectivity index (χ2v) is 6.41. The van der Waals surface area contributed by atoms with Crippen LogP contribution in [0.5, 0.6) is 0 Å². The van der Waals surface area contributed by atoms with E-state index < -0.39 is 16.8 Å². The van der Waals surface area contributed by atoms with Gasteiger partial charge in [0, 0.05) is 26.7 Å². The van der Waals surface area contributed by atoms with Gasteiger partial charge in [-0.25, -0.2) is 4.79 Å². The number of hydrogen-bond acceptors (Lipinski definition) is 3. The largest absolute Gasteiger partial charge is 0.481 e. The van der Waals surface area contributed by atoms with Crippen molar-refractivity contribution in [1.82, 2.24) is 15.5 Å². The van der Waals surface area contributed by atoms with E-state index in [1.54, 1.807) is 11.9 Å². The predicted octanol–water partition coefficient (Wildman–Crippen LogP) is 0.409. The van der Waals surface area contributed by atoms with Crippen molar-refractivity contribution in [3.63, 3.8) is 0 Å². The summed E-state index contributed by atoms with van der Waals surface area (Å²) in [6.07, 6.45) is 2.72. The molecule has 3 amide bonds. The summed E-state index contributed by atoms with van der Waals surface area (Å²) in [5.74, 6) is -0.913. The molecule has 1 aliphatic carbocycles. The fourth-order valence-electron chi connectivity index (χ4n) is 3.05. The van der Waals surface area contributed by atoms with E-state index >= 15 is 0 Å². The van der Waals surface area contributed by atoms with Gasteiger partial charge in [-0.15, -0.1) is 0 Å². The number of carbonyl (C=O) groups excluding carboxylic acids is 2. The Morgan fingerprint density at radius 3 is 2.38 bits per heavy atom. The summed E-state index contributed by atoms with van der Waals surface area (Å²) in [7, 11) is 1.59. The first-order valence-corrected chi connectivity index (χ1v) is 7.31. The van der Waals surface area contributed by atoms with Gasteiger partial charge in [0.05, 0.1) is 10.8 Å². The highest BCUT2D eigenvalue weighted by molar-refractivity contribution is 5.84. The zero-order valence-electron chi connectivity index (χ0n) is 12.6. The van der Waals surface area contributed by atoms with Crippen molar-refractivity contribution in [3.8, 4) is 0 Å². The smallest absolute Gasteiger partial charge is 0.317 e. The molecule has 1 saturated carbocycles. The van der Waals surface area contributed by atoms with E-state index in [9.17, 15) is 19.5 Å². The van der Waals surface area contributed by atoms with Crippen molar-refractivity contribution in [1.29, 1.82) is 0 Å². The van der Waals surface area contributed by atoms with Crippen LogP contribution in [0.15, 0.2) is 0 Å². The van der Waals surface area contributed by atoms with Crippen LogP contribution in [0, 0.1) is 10.8 Å². The molecular formula is C14H23N3O4. The standard InChI is InChI=1S/C14H23N3O4/c1-13(10(18)15-2)6-7-17(9-13)12(21)16-8-14(11(19)20)4-3-5-14/h3-9H2,1-2H3,(H,15,18)(H,16,21)(H,19,20). The first-order valence-electron chi connectivity index (χ1n) is 7.31. The minimum absolute atomic E-state index is 0.0706. The fourth-order valence-corrected chi connectivity index (χ4v) is 3.05. The summed E-state index contributed by atoms with van der Waals surface area (Å²) in [5, 5.41) is 14.6. The molecule has 7 nitrogen and oxygen atoms in total. The number of nitrogens with one attached hydrogen (secondary N) is 2. The number of rotatable bonds is 4. The highest BCUT2D eigenvalue weighted by atomic mass is 16.4. The Morgan fingerprint density at radius 2 is 1.90 bits per heavy atom. The zero-order valence-corrected chi connectivity index (χ0v) is 12.6. The van der Waals surface area contributed by atoms with Gasteiger partial charge in [0.1, 0.15) is 0 Å². The first-order chi connectivity index (χ1) is 9.83. The summed E-state index contributed by atoms with van der Waals surface area (Å²) in [6.45, 7) is 2.87. The van der Waals surface area contributed by atoms with Gasteiger partial charge in [0.2, 0.25) is 5.91 Å².